The Kier molecular flexibility index (Phi) is 5.98. The lowest BCUT2D eigenvalue weighted by Gasteiger charge is -2.23. The Morgan fingerprint density at radius 2 is 1.28 bits per heavy atom. The zero-order chi connectivity index (χ0) is 12.6. The lowest BCUT2D eigenvalue weighted by Crippen LogP contribution is -2.43. The first-order valence-corrected chi connectivity index (χ1v) is 7.87. The normalized spacial score (nSPS) is 23.6. The Bertz CT molecular complexity index is 241. The minimum absolute atomic E-state index is 0.201. The number of hydrogen-bond donors (Lipinski definition) is 2. The summed E-state index contributed by atoms with van der Waals surface area (Å²) >= 11 is 0. The highest BCUT2D eigenvalue weighted by Crippen LogP contribution is 2.18. The third kappa shape index (κ3) is 4.97. The third-order valence-electron chi connectivity index (χ3n) is 4.38. The van der Waals surface area contributed by atoms with E-state index in [-0.39, 0.29) is 5.91 Å². The van der Waals surface area contributed by atoms with E-state index in [2.05, 4.69) is 10.6 Å². The van der Waals surface area contributed by atoms with Crippen molar-refractivity contribution in [3.63, 3.8) is 0 Å². The van der Waals surface area contributed by atoms with Gasteiger partial charge in [0.15, 0.2) is 0 Å². The maximum Gasteiger partial charge on any atom is 0.234 e. The topological polar surface area (TPSA) is 41.1 Å². The highest BCUT2D eigenvalue weighted by molar-refractivity contribution is 5.78. The van der Waals surface area contributed by atoms with Crippen LogP contribution < -0.4 is 10.6 Å². The molecule has 0 aliphatic heterocycles. The summed E-state index contributed by atoms with van der Waals surface area (Å²) in [6.07, 6.45) is 14.1. The molecule has 2 saturated carbocycles. The van der Waals surface area contributed by atoms with E-state index in [4.69, 9.17) is 0 Å². The van der Waals surface area contributed by atoms with Crippen LogP contribution in [-0.2, 0) is 4.79 Å². The second-order valence-corrected chi connectivity index (χ2v) is 5.97. The van der Waals surface area contributed by atoms with Crippen LogP contribution in [0, 0.1) is 0 Å². The predicted octanol–water partition coefficient (Wildman–Crippen LogP) is 2.75. The van der Waals surface area contributed by atoms with Gasteiger partial charge in [-0.25, -0.2) is 0 Å². The molecule has 2 fully saturated rings. The van der Waals surface area contributed by atoms with E-state index >= 15 is 0 Å². The molecule has 2 aliphatic carbocycles. The molecule has 0 aromatic heterocycles. The van der Waals surface area contributed by atoms with Gasteiger partial charge in [-0.15, -0.1) is 0 Å². The average molecular weight is 252 g/mol. The maximum atomic E-state index is 11.9. The quantitative estimate of drug-likeness (QED) is 0.755. The van der Waals surface area contributed by atoms with Gasteiger partial charge in [0, 0.05) is 12.1 Å². The molecule has 2 N–H and O–H groups in total. The van der Waals surface area contributed by atoms with Gasteiger partial charge in [0.05, 0.1) is 6.54 Å². The second kappa shape index (κ2) is 7.78. The van der Waals surface area contributed by atoms with Crippen LogP contribution in [0.3, 0.4) is 0 Å². The third-order valence-corrected chi connectivity index (χ3v) is 4.38. The summed E-state index contributed by atoms with van der Waals surface area (Å²) in [6.45, 7) is 0.515. The minimum Gasteiger partial charge on any atom is -0.352 e. The Morgan fingerprint density at radius 3 is 1.89 bits per heavy atom. The van der Waals surface area contributed by atoms with Crippen LogP contribution in [0.2, 0.25) is 0 Å². The van der Waals surface area contributed by atoms with Crippen molar-refractivity contribution in [3.05, 3.63) is 0 Å². The van der Waals surface area contributed by atoms with Crippen LogP contribution >= 0.6 is 0 Å². The van der Waals surface area contributed by atoms with Gasteiger partial charge in [0.1, 0.15) is 0 Å². The van der Waals surface area contributed by atoms with Gasteiger partial charge in [-0.3, -0.25) is 4.79 Å². The van der Waals surface area contributed by atoms with Gasteiger partial charge in [0.2, 0.25) is 5.91 Å². The van der Waals surface area contributed by atoms with Gasteiger partial charge in [-0.05, 0) is 25.7 Å². The van der Waals surface area contributed by atoms with Crippen molar-refractivity contribution in [2.24, 2.45) is 0 Å². The lowest BCUT2D eigenvalue weighted by molar-refractivity contribution is -0.121. The van der Waals surface area contributed by atoms with Crippen molar-refractivity contribution in [1.29, 1.82) is 0 Å². The number of nitrogens with one attached hydrogen (secondary N) is 2. The molecule has 3 heteroatoms. The van der Waals surface area contributed by atoms with Crippen LogP contribution in [0.5, 0.6) is 0 Å². The molecule has 3 nitrogen and oxygen atoms in total. The first kappa shape index (κ1) is 13.9. The highest BCUT2D eigenvalue weighted by Gasteiger charge is 2.17. The summed E-state index contributed by atoms with van der Waals surface area (Å²) in [5, 5.41) is 6.61. The standard InChI is InChI=1S/C15H28N2O/c18-15(12-16-13-8-6-3-7-9-13)17-14-10-4-1-2-5-11-14/h13-14,16H,1-12H2,(H,17,18). The second-order valence-electron chi connectivity index (χ2n) is 5.97. The van der Waals surface area contributed by atoms with E-state index in [1.807, 2.05) is 0 Å². The monoisotopic (exact) mass is 252 g/mol. The smallest absolute Gasteiger partial charge is 0.234 e. The molecule has 0 aromatic rings. The van der Waals surface area contributed by atoms with E-state index in [0.29, 0.717) is 18.6 Å². The molecule has 0 bridgehead atoms. The number of carbonyl (C=O) groups excluding carboxylic acids is 1. The van der Waals surface area contributed by atoms with Crippen LogP contribution in [0.15, 0.2) is 0 Å². The number of amides is 1. The van der Waals surface area contributed by atoms with E-state index in [9.17, 15) is 4.79 Å². The maximum absolute atomic E-state index is 11.9. The van der Waals surface area contributed by atoms with Crippen molar-refractivity contribution in [3.8, 4) is 0 Å². The molecule has 0 unspecified atom stereocenters. The molecule has 0 radical (unpaired) electrons. The zero-order valence-electron chi connectivity index (χ0n) is 11.5. The molecule has 0 heterocycles. The first-order chi connectivity index (χ1) is 8.84. The highest BCUT2D eigenvalue weighted by atomic mass is 16.1. The van der Waals surface area contributed by atoms with Crippen LogP contribution in [0.4, 0.5) is 0 Å². The van der Waals surface area contributed by atoms with Crippen LogP contribution in [0.25, 0.3) is 0 Å². The summed E-state index contributed by atoms with van der Waals surface area (Å²) in [6, 6.07) is 1.02. The summed E-state index contributed by atoms with van der Waals surface area (Å²) in [4.78, 5) is 11.9. The van der Waals surface area contributed by atoms with Crippen molar-refractivity contribution in [1.82, 2.24) is 10.6 Å². The van der Waals surface area contributed by atoms with E-state index < -0.39 is 0 Å². The predicted molar refractivity (Wildman–Crippen MR) is 74.5 cm³/mol. The molecule has 2 aliphatic rings. The van der Waals surface area contributed by atoms with E-state index in [0.717, 1.165) is 0 Å². The average Bonchev–Trinajstić information content (AvgIpc) is 2.66. The molecule has 1 amide bonds. The number of rotatable bonds is 4. The Labute approximate surface area is 111 Å². The molecule has 0 aromatic carbocycles. The van der Waals surface area contributed by atoms with Crippen molar-refractivity contribution < 1.29 is 4.79 Å². The Hall–Kier alpha value is -0.570. The van der Waals surface area contributed by atoms with E-state index in [1.54, 1.807) is 0 Å². The zero-order valence-corrected chi connectivity index (χ0v) is 11.5. The van der Waals surface area contributed by atoms with Gasteiger partial charge in [-0.2, -0.15) is 0 Å². The summed E-state index contributed by atoms with van der Waals surface area (Å²) < 4.78 is 0. The molecule has 2 rings (SSSR count). The first-order valence-electron chi connectivity index (χ1n) is 7.87. The van der Waals surface area contributed by atoms with Crippen molar-refractivity contribution >= 4 is 5.91 Å². The van der Waals surface area contributed by atoms with Crippen molar-refractivity contribution in [2.45, 2.75) is 82.7 Å². The molecule has 104 valence electrons. The van der Waals surface area contributed by atoms with Gasteiger partial charge in [0.25, 0.3) is 0 Å². The minimum atomic E-state index is 0.201. The van der Waals surface area contributed by atoms with Gasteiger partial charge in [-0.1, -0.05) is 44.9 Å². The van der Waals surface area contributed by atoms with Gasteiger partial charge >= 0.3 is 0 Å². The SMILES string of the molecule is O=C(CNC1CCCCC1)NC1CCCCCC1. The molecular formula is C15H28N2O. The molecule has 18 heavy (non-hydrogen) atoms. The summed E-state index contributed by atoms with van der Waals surface area (Å²) in [7, 11) is 0. The largest absolute Gasteiger partial charge is 0.352 e. The Morgan fingerprint density at radius 1 is 0.778 bits per heavy atom. The summed E-state index contributed by atoms with van der Waals surface area (Å²) in [5.74, 6) is 0.201. The molecule has 0 saturated heterocycles. The molecule has 0 spiro atoms. The Balaban J connectivity index is 1.61. The number of hydrogen-bond acceptors (Lipinski definition) is 2. The number of carbonyl (C=O) groups is 1. The fraction of sp³-hybridized carbons (Fsp3) is 0.933. The lowest BCUT2D eigenvalue weighted by atomic mass is 9.95. The van der Waals surface area contributed by atoms with Crippen LogP contribution in [0.1, 0.15) is 70.6 Å². The fourth-order valence-electron chi connectivity index (χ4n) is 3.25. The fourth-order valence-corrected chi connectivity index (χ4v) is 3.25. The van der Waals surface area contributed by atoms with E-state index in [1.165, 1.54) is 70.6 Å². The summed E-state index contributed by atoms with van der Waals surface area (Å²) in [5.41, 5.74) is 0. The van der Waals surface area contributed by atoms with Gasteiger partial charge < -0.3 is 10.6 Å². The van der Waals surface area contributed by atoms with Crippen molar-refractivity contribution in [2.75, 3.05) is 6.54 Å². The van der Waals surface area contributed by atoms with Crippen LogP contribution in [-0.4, -0.2) is 24.5 Å². The molecule has 0 atom stereocenters. The molecular weight excluding hydrogens is 224 g/mol.